The van der Waals surface area contributed by atoms with Gasteiger partial charge in [0.1, 0.15) is 5.75 Å². The Bertz CT molecular complexity index is 327. The van der Waals surface area contributed by atoms with Crippen molar-refractivity contribution in [2.75, 3.05) is 6.61 Å². The van der Waals surface area contributed by atoms with E-state index in [1.54, 1.807) is 0 Å². The van der Waals surface area contributed by atoms with Crippen LogP contribution in [-0.4, -0.2) is 17.8 Å². The molecule has 0 aromatic heterocycles. The van der Waals surface area contributed by atoms with Crippen molar-refractivity contribution in [1.29, 1.82) is 0 Å². The van der Waals surface area contributed by atoms with Gasteiger partial charge in [-0.15, -0.1) is 0 Å². The molecule has 0 saturated heterocycles. The number of hydrogen-bond donors (Lipinski definition) is 1. The first-order chi connectivity index (χ1) is 7.79. The van der Waals surface area contributed by atoms with Crippen LogP contribution >= 0.6 is 0 Å². The molecule has 2 nitrogen and oxygen atoms in total. The van der Waals surface area contributed by atoms with Gasteiger partial charge in [0.05, 0.1) is 12.7 Å². The number of benzene rings is 1. The highest BCUT2D eigenvalue weighted by Crippen LogP contribution is 2.34. The number of rotatable bonds is 3. The van der Waals surface area contributed by atoms with Crippen molar-refractivity contribution < 1.29 is 9.84 Å². The van der Waals surface area contributed by atoms with E-state index < -0.39 is 0 Å². The van der Waals surface area contributed by atoms with Crippen LogP contribution in [0.5, 0.6) is 5.75 Å². The predicted octanol–water partition coefficient (Wildman–Crippen LogP) is 3.10. The Morgan fingerprint density at radius 1 is 1.25 bits per heavy atom. The highest BCUT2D eigenvalue weighted by atomic mass is 16.5. The van der Waals surface area contributed by atoms with E-state index in [4.69, 9.17) is 4.74 Å². The lowest BCUT2D eigenvalue weighted by Gasteiger charge is -2.25. The lowest BCUT2D eigenvalue weighted by molar-refractivity contribution is 0.122. The fourth-order valence-corrected chi connectivity index (χ4v) is 2.43. The Labute approximate surface area is 97.3 Å². The van der Waals surface area contributed by atoms with E-state index in [9.17, 15) is 5.11 Å². The quantitative estimate of drug-likeness (QED) is 0.848. The zero-order valence-corrected chi connectivity index (χ0v) is 9.86. The number of aliphatic hydroxyl groups excluding tert-OH is 1. The van der Waals surface area contributed by atoms with Crippen LogP contribution in [0.3, 0.4) is 0 Å². The SMILES string of the molecule is CCOc1cccc(C2CCC(O)CC2)c1. The number of aliphatic hydroxyl groups is 1. The minimum absolute atomic E-state index is 0.0775. The van der Waals surface area contributed by atoms with Gasteiger partial charge in [0, 0.05) is 0 Å². The van der Waals surface area contributed by atoms with Crippen molar-refractivity contribution in [2.45, 2.75) is 44.6 Å². The molecule has 1 saturated carbocycles. The maximum atomic E-state index is 9.49. The van der Waals surface area contributed by atoms with Crippen LogP contribution in [0.2, 0.25) is 0 Å². The van der Waals surface area contributed by atoms with E-state index >= 15 is 0 Å². The molecule has 1 N–H and O–H groups in total. The zero-order chi connectivity index (χ0) is 11.4. The normalized spacial score (nSPS) is 25.4. The largest absolute Gasteiger partial charge is 0.494 e. The van der Waals surface area contributed by atoms with Crippen LogP contribution in [0.15, 0.2) is 24.3 Å². The van der Waals surface area contributed by atoms with Gasteiger partial charge in [-0.25, -0.2) is 0 Å². The van der Waals surface area contributed by atoms with Gasteiger partial charge in [-0.2, -0.15) is 0 Å². The van der Waals surface area contributed by atoms with Crippen LogP contribution in [-0.2, 0) is 0 Å². The van der Waals surface area contributed by atoms with Crippen LogP contribution in [0.1, 0.15) is 44.1 Å². The molecule has 0 radical (unpaired) electrons. The molecule has 0 spiro atoms. The number of hydrogen-bond acceptors (Lipinski definition) is 2. The third-order valence-electron chi connectivity index (χ3n) is 3.34. The molecular formula is C14H20O2. The zero-order valence-electron chi connectivity index (χ0n) is 9.86. The third kappa shape index (κ3) is 2.76. The highest BCUT2D eigenvalue weighted by Gasteiger charge is 2.20. The maximum absolute atomic E-state index is 9.49. The van der Waals surface area contributed by atoms with Gasteiger partial charge < -0.3 is 9.84 Å². The van der Waals surface area contributed by atoms with Gasteiger partial charge in [0.25, 0.3) is 0 Å². The van der Waals surface area contributed by atoms with E-state index in [1.165, 1.54) is 5.56 Å². The first-order valence-corrected chi connectivity index (χ1v) is 6.20. The van der Waals surface area contributed by atoms with E-state index in [0.29, 0.717) is 12.5 Å². The Hall–Kier alpha value is -1.02. The minimum Gasteiger partial charge on any atom is -0.494 e. The topological polar surface area (TPSA) is 29.5 Å². The van der Waals surface area contributed by atoms with E-state index in [1.807, 2.05) is 13.0 Å². The Morgan fingerprint density at radius 3 is 2.69 bits per heavy atom. The average Bonchev–Trinajstić information content (AvgIpc) is 2.31. The fourth-order valence-electron chi connectivity index (χ4n) is 2.43. The van der Waals surface area contributed by atoms with Crippen molar-refractivity contribution in [2.24, 2.45) is 0 Å². The van der Waals surface area contributed by atoms with Gasteiger partial charge >= 0.3 is 0 Å². The summed E-state index contributed by atoms with van der Waals surface area (Å²) in [7, 11) is 0. The summed E-state index contributed by atoms with van der Waals surface area (Å²) in [4.78, 5) is 0. The second kappa shape index (κ2) is 5.35. The third-order valence-corrected chi connectivity index (χ3v) is 3.34. The summed E-state index contributed by atoms with van der Waals surface area (Å²) in [6.07, 6.45) is 3.98. The molecule has 1 aromatic rings. The van der Waals surface area contributed by atoms with Gasteiger partial charge in [0.2, 0.25) is 0 Å². The second-order valence-corrected chi connectivity index (χ2v) is 4.51. The van der Waals surface area contributed by atoms with Gasteiger partial charge in [0.15, 0.2) is 0 Å². The highest BCUT2D eigenvalue weighted by molar-refractivity contribution is 5.31. The van der Waals surface area contributed by atoms with Crippen LogP contribution in [0.25, 0.3) is 0 Å². The summed E-state index contributed by atoms with van der Waals surface area (Å²) < 4.78 is 5.51. The molecule has 88 valence electrons. The fraction of sp³-hybridized carbons (Fsp3) is 0.571. The Morgan fingerprint density at radius 2 is 2.00 bits per heavy atom. The van der Waals surface area contributed by atoms with Crippen molar-refractivity contribution in [3.63, 3.8) is 0 Å². The molecule has 0 aliphatic heterocycles. The summed E-state index contributed by atoms with van der Waals surface area (Å²) in [6, 6.07) is 8.38. The molecule has 0 heterocycles. The molecule has 1 fully saturated rings. The van der Waals surface area contributed by atoms with Crippen molar-refractivity contribution in [3.8, 4) is 5.75 Å². The van der Waals surface area contributed by atoms with E-state index in [0.717, 1.165) is 31.4 Å². The lowest BCUT2D eigenvalue weighted by atomic mass is 9.83. The van der Waals surface area contributed by atoms with E-state index in [-0.39, 0.29) is 6.10 Å². The summed E-state index contributed by atoms with van der Waals surface area (Å²) in [5.41, 5.74) is 1.36. The van der Waals surface area contributed by atoms with Crippen molar-refractivity contribution in [3.05, 3.63) is 29.8 Å². The molecular weight excluding hydrogens is 200 g/mol. The molecule has 1 aliphatic carbocycles. The first kappa shape index (κ1) is 11.5. The second-order valence-electron chi connectivity index (χ2n) is 4.51. The summed E-state index contributed by atoms with van der Waals surface area (Å²) in [5.74, 6) is 1.56. The summed E-state index contributed by atoms with van der Waals surface area (Å²) in [5, 5.41) is 9.49. The van der Waals surface area contributed by atoms with Crippen LogP contribution in [0, 0.1) is 0 Å². The van der Waals surface area contributed by atoms with Crippen LogP contribution < -0.4 is 4.74 Å². The van der Waals surface area contributed by atoms with Gasteiger partial charge in [-0.1, -0.05) is 12.1 Å². The number of ether oxygens (including phenoxy) is 1. The van der Waals surface area contributed by atoms with E-state index in [2.05, 4.69) is 18.2 Å². The standard InChI is InChI=1S/C14H20O2/c1-2-16-14-5-3-4-12(10-14)11-6-8-13(15)9-7-11/h3-5,10-11,13,15H,2,6-9H2,1H3. The van der Waals surface area contributed by atoms with Crippen molar-refractivity contribution >= 4 is 0 Å². The minimum atomic E-state index is -0.0775. The monoisotopic (exact) mass is 220 g/mol. The molecule has 16 heavy (non-hydrogen) atoms. The van der Waals surface area contributed by atoms with Crippen molar-refractivity contribution in [1.82, 2.24) is 0 Å². The van der Waals surface area contributed by atoms with Crippen LogP contribution in [0.4, 0.5) is 0 Å². The summed E-state index contributed by atoms with van der Waals surface area (Å²) in [6.45, 7) is 2.72. The van der Waals surface area contributed by atoms with Gasteiger partial charge in [-0.3, -0.25) is 0 Å². The Kier molecular flexibility index (Phi) is 3.83. The first-order valence-electron chi connectivity index (χ1n) is 6.20. The molecule has 2 rings (SSSR count). The van der Waals surface area contributed by atoms with Gasteiger partial charge in [-0.05, 0) is 56.2 Å². The molecule has 0 atom stereocenters. The Balaban J connectivity index is 2.05. The predicted molar refractivity (Wildman–Crippen MR) is 64.8 cm³/mol. The molecule has 0 bridgehead atoms. The lowest BCUT2D eigenvalue weighted by Crippen LogP contribution is -2.16. The smallest absolute Gasteiger partial charge is 0.119 e. The molecule has 2 heteroatoms. The molecule has 1 aliphatic rings. The maximum Gasteiger partial charge on any atom is 0.119 e. The molecule has 0 unspecified atom stereocenters. The molecule has 1 aromatic carbocycles. The summed E-state index contributed by atoms with van der Waals surface area (Å²) >= 11 is 0. The average molecular weight is 220 g/mol. The molecule has 0 amide bonds.